The van der Waals surface area contributed by atoms with Crippen molar-refractivity contribution in [2.45, 2.75) is 18.9 Å². The van der Waals surface area contributed by atoms with Crippen molar-refractivity contribution in [1.29, 1.82) is 0 Å². The highest BCUT2D eigenvalue weighted by molar-refractivity contribution is 7.98. The number of carbonyl (C=O) groups is 2. The number of nitrogens with one attached hydrogen (secondary N) is 2. The predicted octanol–water partition coefficient (Wildman–Crippen LogP) is -0.256. The lowest BCUT2D eigenvalue weighted by atomic mass is 10.2. The van der Waals surface area contributed by atoms with Gasteiger partial charge in [0.2, 0.25) is 11.8 Å². The molecular weight excluding hydrogens is 188 g/mol. The molecule has 1 aliphatic rings. The highest BCUT2D eigenvalue weighted by atomic mass is 32.2. The van der Waals surface area contributed by atoms with E-state index in [9.17, 15) is 9.59 Å². The molecule has 2 N–H and O–H groups in total. The monoisotopic (exact) mass is 202 g/mol. The van der Waals surface area contributed by atoms with E-state index in [1.54, 1.807) is 11.8 Å². The fourth-order valence-corrected chi connectivity index (χ4v) is 1.64. The van der Waals surface area contributed by atoms with Crippen molar-refractivity contribution in [3.8, 4) is 0 Å². The first-order valence-electron chi connectivity index (χ1n) is 4.30. The van der Waals surface area contributed by atoms with Crippen LogP contribution in [0, 0.1) is 0 Å². The summed E-state index contributed by atoms with van der Waals surface area (Å²) in [7, 11) is 0. The smallest absolute Gasteiger partial charge is 0.244 e. The van der Waals surface area contributed by atoms with Crippen LogP contribution < -0.4 is 10.6 Å². The van der Waals surface area contributed by atoms with E-state index in [2.05, 4.69) is 10.6 Å². The Kier molecular flexibility index (Phi) is 4.24. The SMILES string of the molecule is CSCCCNC1CC(=O)NC1=O. The molecule has 1 heterocycles. The lowest BCUT2D eigenvalue weighted by Crippen LogP contribution is -2.36. The molecule has 0 saturated carbocycles. The van der Waals surface area contributed by atoms with Crippen LogP contribution in [0.2, 0.25) is 0 Å². The lowest BCUT2D eigenvalue weighted by Gasteiger charge is -2.07. The Hall–Kier alpha value is -0.550. The third-order valence-corrected chi connectivity index (χ3v) is 2.58. The van der Waals surface area contributed by atoms with Gasteiger partial charge in [0.15, 0.2) is 0 Å². The predicted molar refractivity (Wildman–Crippen MR) is 52.6 cm³/mol. The van der Waals surface area contributed by atoms with Crippen LogP contribution in [-0.4, -0.2) is 36.4 Å². The van der Waals surface area contributed by atoms with Crippen molar-refractivity contribution < 1.29 is 9.59 Å². The molecule has 0 aromatic rings. The molecule has 1 saturated heterocycles. The second-order valence-electron chi connectivity index (χ2n) is 2.97. The van der Waals surface area contributed by atoms with Gasteiger partial charge in [0.05, 0.1) is 12.5 Å². The highest BCUT2D eigenvalue weighted by Gasteiger charge is 2.29. The molecule has 1 rings (SSSR count). The maximum absolute atomic E-state index is 11.0. The Morgan fingerprint density at radius 3 is 2.92 bits per heavy atom. The maximum Gasteiger partial charge on any atom is 0.244 e. The Morgan fingerprint density at radius 1 is 1.62 bits per heavy atom. The zero-order valence-electron chi connectivity index (χ0n) is 7.63. The van der Waals surface area contributed by atoms with Gasteiger partial charge in [0, 0.05) is 0 Å². The molecule has 1 aliphatic heterocycles. The summed E-state index contributed by atoms with van der Waals surface area (Å²) in [6, 6.07) is -0.297. The van der Waals surface area contributed by atoms with Crippen LogP contribution in [0.3, 0.4) is 0 Å². The molecule has 4 nitrogen and oxygen atoms in total. The quantitative estimate of drug-likeness (QED) is 0.476. The Balaban J connectivity index is 2.14. The van der Waals surface area contributed by atoms with Crippen LogP contribution in [0.5, 0.6) is 0 Å². The first-order valence-corrected chi connectivity index (χ1v) is 5.69. The van der Waals surface area contributed by atoms with Gasteiger partial charge in [-0.25, -0.2) is 0 Å². The first-order chi connectivity index (χ1) is 6.24. The molecule has 74 valence electrons. The van der Waals surface area contributed by atoms with E-state index in [0.29, 0.717) is 0 Å². The molecule has 5 heteroatoms. The highest BCUT2D eigenvalue weighted by Crippen LogP contribution is 2.01. The molecule has 0 bridgehead atoms. The molecule has 1 unspecified atom stereocenters. The van der Waals surface area contributed by atoms with Crippen molar-refractivity contribution >= 4 is 23.6 Å². The summed E-state index contributed by atoms with van der Waals surface area (Å²) in [4.78, 5) is 21.8. The van der Waals surface area contributed by atoms with Gasteiger partial charge in [0.25, 0.3) is 0 Å². The molecule has 13 heavy (non-hydrogen) atoms. The molecule has 0 aliphatic carbocycles. The van der Waals surface area contributed by atoms with E-state index < -0.39 is 0 Å². The topological polar surface area (TPSA) is 58.2 Å². The van der Waals surface area contributed by atoms with Crippen LogP contribution in [0.25, 0.3) is 0 Å². The minimum Gasteiger partial charge on any atom is -0.305 e. The van der Waals surface area contributed by atoms with Crippen LogP contribution >= 0.6 is 11.8 Å². The number of hydrogen-bond donors (Lipinski definition) is 2. The summed E-state index contributed by atoms with van der Waals surface area (Å²) < 4.78 is 0. The summed E-state index contributed by atoms with van der Waals surface area (Å²) in [6.45, 7) is 0.798. The summed E-state index contributed by atoms with van der Waals surface area (Å²) in [5.74, 6) is 0.719. The van der Waals surface area contributed by atoms with Gasteiger partial charge >= 0.3 is 0 Å². The number of rotatable bonds is 5. The van der Waals surface area contributed by atoms with E-state index in [0.717, 1.165) is 18.7 Å². The first kappa shape index (κ1) is 10.5. The average Bonchev–Trinajstić information content (AvgIpc) is 2.39. The molecule has 0 radical (unpaired) electrons. The molecule has 1 atom stereocenters. The molecule has 0 spiro atoms. The maximum atomic E-state index is 11.0. The Morgan fingerprint density at radius 2 is 2.38 bits per heavy atom. The minimum absolute atomic E-state index is 0.174. The zero-order chi connectivity index (χ0) is 9.68. The lowest BCUT2D eigenvalue weighted by molar-refractivity contribution is -0.125. The molecular formula is C8H14N2O2S. The number of amides is 2. The fourth-order valence-electron chi connectivity index (χ4n) is 1.21. The van der Waals surface area contributed by atoms with Crippen LogP contribution in [0.4, 0.5) is 0 Å². The van der Waals surface area contributed by atoms with Crippen molar-refractivity contribution in [3.63, 3.8) is 0 Å². The largest absolute Gasteiger partial charge is 0.305 e. The van der Waals surface area contributed by atoms with Gasteiger partial charge in [-0.2, -0.15) is 11.8 Å². The summed E-state index contributed by atoms with van der Waals surface area (Å²) >= 11 is 1.78. The second-order valence-corrected chi connectivity index (χ2v) is 3.96. The van der Waals surface area contributed by atoms with Crippen LogP contribution in [0.15, 0.2) is 0 Å². The van der Waals surface area contributed by atoms with Gasteiger partial charge in [-0.3, -0.25) is 14.9 Å². The van der Waals surface area contributed by atoms with Gasteiger partial charge in [-0.05, 0) is 25.0 Å². The van der Waals surface area contributed by atoms with Gasteiger partial charge in [-0.15, -0.1) is 0 Å². The van der Waals surface area contributed by atoms with Gasteiger partial charge in [-0.1, -0.05) is 0 Å². The Bertz CT molecular complexity index is 208. The number of carbonyl (C=O) groups excluding carboxylic acids is 2. The summed E-state index contributed by atoms with van der Waals surface area (Å²) in [6.07, 6.45) is 3.36. The van der Waals surface area contributed by atoms with E-state index >= 15 is 0 Å². The molecule has 1 fully saturated rings. The third-order valence-electron chi connectivity index (χ3n) is 1.88. The minimum atomic E-state index is -0.297. The summed E-state index contributed by atoms with van der Waals surface area (Å²) in [5.41, 5.74) is 0. The molecule has 2 amide bonds. The Labute approximate surface area is 81.8 Å². The van der Waals surface area contributed by atoms with Crippen molar-refractivity contribution in [1.82, 2.24) is 10.6 Å². The van der Waals surface area contributed by atoms with E-state index in [4.69, 9.17) is 0 Å². The van der Waals surface area contributed by atoms with Crippen molar-refractivity contribution in [2.24, 2.45) is 0 Å². The van der Waals surface area contributed by atoms with Crippen LogP contribution in [0.1, 0.15) is 12.8 Å². The standard InChI is InChI=1S/C8H14N2O2S/c1-13-4-2-3-9-6-5-7(11)10-8(6)12/h6,9H,2-5H2,1H3,(H,10,11,12). The number of imide groups is 1. The van der Waals surface area contributed by atoms with Crippen molar-refractivity contribution in [2.75, 3.05) is 18.6 Å². The average molecular weight is 202 g/mol. The van der Waals surface area contributed by atoms with Crippen LogP contribution in [-0.2, 0) is 9.59 Å². The summed E-state index contributed by atoms with van der Waals surface area (Å²) in [5, 5.41) is 5.31. The fraction of sp³-hybridized carbons (Fsp3) is 0.750. The zero-order valence-corrected chi connectivity index (χ0v) is 8.45. The molecule has 0 aromatic carbocycles. The van der Waals surface area contributed by atoms with E-state index in [-0.39, 0.29) is 24.3 Å². The molecule has 0 aromatic heterocycles. The van der Waals surface area contributed by atoms with Gasteiger partial charge < -0.3 is 5.32 Å². The van der Waals surface area contributed by atoms with Crippen molar-refractivity contribution in [3.05, 3.63) is 0 Å². The second kappa shape index (κ2) is 5.24. The van der Waals surface area contributed by atoms with E-state index in [1.807, 2.05) is 6.26 Å². The third kappa shape index (κ3) is 3.36. The van der Waals surface area contributed by atoms with E-state index in [1.165, 1.54) is 0 Å². The normalized spacial score (nSPS) is 22.1. The van der Waals surface area contributed by atoms with Gasteiger partial charge in [0.1, 0.15) is 0 Å². The number of thioether (sulfide) groups is 1. The number of hydrogen-bond acceptors (Lipinski definition) is 4.